The van der Waals surface area contributed by atoms with Gasteiger partial charge in [-0.15, -0.1) is 0 Å². The highest BCUT2D eigenvalue weighted by molar-refractivity contribution is 5.96. The van der Waals surface area contributed by atoms with Crippen LogP contribution in [0.3, 0.4) is 0 Å². The highest BCUT2D eigenvalue weighted by atomic mass is 16.3. The first-order valence-corrected chi connectivity index (χ1v) is 6.20. The Balaban J connectivity index is 2.15. The first-order chi connectivity index (χ1) is 8.11. The van der Waals surface area contributed by atoms with Crippen molar-refractivity contribution >= 4 is 5.91 Å². The van der Waals surface area contributed by atoms with Gasteiger partial charge >= 0.3 is 0 Å². The zero-order valence-electron chi connectivity index (χ0n) is 10.4. The molecule has 1 aliphatic heterocycles. The number of phenols is 1. The number of hydrogen-bond donors (Lipinski definition) is 1. The zero-order chi connectivity index (χ0) is 12.4. The molecule has 1 amide bonds. The minimum absolute atomic E-state index is 0.0958. The molecule has 2 rings (SSSR count). The molecule has 1 atom stereocenters. The van der Waals surface area contributed by atoms with Crippen LogP contribution in [0.15, 0.2) is 18.2 Å². The molecule has 1 aromatic carbocycles. The van der Waals surface area contributed by atoms with Crippen molar-refractivity contribution in [2.45, 2.75) is 26.7 Å². The first kappa shape index (κ1) is 12.0. The Kier molecular flexibility index (Phi) is 3.36. The number of aryl methyl sites for hydroxylation is 1. The second-order valence-corrected chi connectivity index (χ2v) is 4.81. The lowest BCUT2D eigenvalue weighted by Crippen LogP contribution is -2.29. The van der Waals surface area contributed by atoms with E-state index in [-0.39, 0.29) is 11.7 Å². The van der Waals surface area contributed by atoms with Crippen LogP contribution < -0.4 is 0 Å². The summed E-state index contributed by atoms with van der Waals surface area (Å²) in [6.45, 7) is 5.76. The molecule has 1 unspecified atom stereocenters. The lowest BCUT2D eigenvalue weighted by Gasteiger charge is -2.17. The minimum atomic E-state index is 0.0958. The van der Waals surface area contributed by atoms with Crippen molar-refractivity contribution in [1.29, 1.82) is 0 Å². The van der Waals surface area contributed by atoms with E-state index in [4.69, 9.17) is 0 Å². The average molecular weight is 233 g/mol. The second kappa shape index (κ2) is 4.78. The third-order valence-electron chi connectivity index (χ3n) is 3.59. The fraction of sp³-hybridized carbons (Fsp3) is 0.500. The Morgan fingerprint density at radius 3 is 2.88 bits per heavy atom. The maximum Gasteiger partial charge on any atom is 0.254 e. The lowest BCUT2D eigenvalue weighted by atomic mass is 10.1. The van der Waals surface area contributed by atoms with Crippen molar-refractivity contribution in [3.63, 3.8) is 0 Å². The number of carbonyl (C=O) groups excluding carboxylic acids is 1. The van der Waals surface area contributed by atoms with Gasteiger partial charge in [0.2, 0.25) is 0 Å². The van der Waals surface area contributed by atoms with Gasteiger partial charge in [-0.2, -0.15) is 0 Å². The summed E-state index contributed by atoms with van der Waals surface area (Å²) in [5.74, 6) is 0.960. The van der Waals surface area contributed by atoms with Crippen molar-refractivity contribution in [2.75, 3.05) is 13.1 Å². The van der Waals surface area contributed by atoms with Crippen LogP contribution in [0.4, 0.5) is 0 Å². The Morgan fingerprint density at radius 1 is 1.53 bits per heavy atom. The molecule has 0 bridgehead atoms. The fourth-order valence-electron chi connectivity index (χ4n) is 2.41. The van der Waals surface area contributed by atoms with Crippen molar-refractivity contribution in [2.24, 2.45) is 5.92 Å². The molecule has 1 saturated heterocycles. The molecule has 0 radical (unpaired) electrons. The van der Waals surface area contributed by atoms with Crippen molar-refractivity contribution < 1.29 is 9.90 Å². The number of likely N-dealkylation sites (tertiary alicyclic amines) is 1. The van der Waals surface area contributed by atoms with Crippen molar-refractivity contribution in [3.8, 4) is 5.75 Å². The summed E-state index contributed by atoms with van der Waals surface area (Å²) in [6.07, 6.45) is 2.25. The summed E-state index contributed by atoms with van der Waals surface area (Å²) in [7, 11) is 0. The number of carbonyl (C=O) groups is 1. The average Bonchev–Trinajstić information content (AvgIpc) is 2.76. The van der Waals surface area contributed by atoms with E-state index in [2.05, 4.69) is 6.92 Å². The van der Waals surface area contributed by atoms with E-state index in [0.29, 0.717) is 11.5 Å². The van der Waals surface area contributed by atoms with Crippen LogP contribution in [0, 0.1) is 12.8 Å². The van der Waals surface area contributed by atoms with E-state index in [1.807, 2.05) is 11.8 Å². The van der Waals surface area contributed by atoms with Gasteiger partial charge in [0.15, 0.2) is 0 Å². The Bertz CT molecular complexity index is 428. The van der Waals surface area contributed by atoms with E-state index in [9.17, 15) is 9.90 Å². The highest BCUT2D eigenvalue weighted by Gasteiger charge is 2.26. The largest absolute Gasteiger partial charge is 0.508 e. The van der Waals surface area contributed by atoms with Crippen LogP contribution in [0.1, 0.15) is 35.7 Å². The summed E-state index contributed by atoms with van der Waals surface area (Å²) in [4.78, 5) is 14.2. The van der Waals surface area contributed by atoms with Gasteiger partial charge in [-0.05, 0) is 43.0 Å². The van der Waals surface area contributed by atoms with E-state index >= 15 is 0 Å². The maximum absolute atomic E-state index is 12.3. The molecule has 0 aliphatic carbocycles. The SMILES string of the molecule is CCC1CCN(C(=O)c2ccc(O)cc2C)C1. The smallest absolute Gasteiger partial charge is 0.254 e. The van der Waals surface area contributed by atoms with Crippen LogP contribution in [0.5, 0.6) is 5.75 Å². The molecule has 3 heteroatoms. The number of rotatable bonds is 2. The molecule has 1 aromatic rings. The summed E-state index contributed by atoms with van der Waals surface area (Å²) in [5, 5.41) is 9.34. The number of amides is 1. The highest BCUT2D eigenvalue weighted by Crippen LogP contribution is 2.23. The van der Waals surface area contributed by atoms with Crippen LogP contribution in [-0.2, 0) is 0 Å². The first-order valence-electron chi connectivity index (χ1n) is 6.20. The van der Waals surface area contributed by atoms with Crippen molar-refractivity contribution in [1.82, 2.24) is 4.90 Å². The van der Waals surface area contributed by atoms with Gasteiger partial charge in [-0.3, -0.25) is 4.79 Å². The molecule has 1 N–H and O–H groups in total. The number of aromatic hydroxyl groups is 1. The molecule has 92 valence electrons. The number of benzene rings is 1. The van der Waals surface area contributed by atoms with E-state index < -0.39 is 0 Å². The summed E-state index contributed by atoms with van der Waals surface area (Å²) in [6, 6.07) is 4.93. The van der Waals surface area contributed by atoms with E-state index in [0.717, 1.165) is 31.5 Å². The van der Waals surface area contributed by atoms with Gasteiger partial charge in [-0.25, -0.2) is 0 Å². The van der Waals surface area contributed by atoms with E-state index in [1.165, 1.54) is 0 Å². The molecule has 1 aliphatic rings. The fourth-order valence-corrected chi connectivity index (χ4v) is 2.41. The third kappa shape index (κ3) is 2.43. The van der Waals surface area contributed by atoms with Crippen LogP contribution in [0.2, 0.25) is 0 Å². The van der Waals surface area contributed by atoms with Gasteiger partial charge in [-0.1, -0.05) is 13.3 Å². The maximum atomic E-state index is 12.3. The predicted octanol–water partition coefficient (Wildman–Crippen LogP) is 2.57. The second-order valence-electron chi connectivity index (χ2n) is 4.81. The van der Waals surface area contributed by atoms with Gasteiger partial charge in [0.1, 0.15) is 5.75 Å². The third-order valence-corrected chi connectivity index (χ3v) is 3.59. The monoisotopic (exact) mass is 233 g/mol. The molecular weight excluding hydrogens is 214 g/mol. The van der Waals surface area contributed by atoms with Crippen LogP contribution in [-0.4, -0.2) is 29.0 Å². The Labute approximate surface area is 102 Å². The Morgan fingerprint density at radius 2 is 2.29 bits per heavy atom. The molecule has 0 aromatic heterocycles. The number of hydrogen-bond acceptors (Lipinski definition) is 2. The van der Waals surface area contributed by atoms with Gasteiger partial charge < -0.3 is 10.0 Å². The molecular formula is C14H19NO2. The number of nitrogens with zero attached hydrogens (tertiary/aromatic N) is 1. The molecule has 0 spiro atoms. The Hall–Kier alpha value is -1.51. The van der Waals surface area contributed by atoms with Crippen molar-refractivity contribution in [3.05, 3.63) is 29.3 Å². The standard InChI is InChI=1S/C14H19NO2/c1-3-11-6-7-15(9-11)14(17)13-5-4-12(16)8-10(13)2/h4-5,8,11,16H,3,6-7,9H2,1-2H3. The van der Waals surface area contributed by atoms with Crippen LogP contribution >= 0.6 is 0 Å². The van der Waals surface area contributed by atoms with Crippen LogP contribution in [0.25, 0.3) is 0 Å². The molecule has 17 heavy (non-hydrogen) atoms. The quantitative estimate of drug-likeness (QED) is 0.853. The summed E-state index contributed by atoms with van der Waals surface area (Å²) >= 11 is 0. The minimum Gasteiger partial charge on any atom is -0.508 e. The molecule has 1 heterocycles. The lowest BCUT2D eigenvalue weighted by molar-refractivity contribution is 0.0786. The molecule has 0 saturated carbocycles. The molecule has 3 nitrogen and oxygen atoms in total. The van der Waals surface area contributed by atoms with Gasteiger partial charge in [0.05, 0.1) is 0 Å². The summed E-state index contributed by atoms with van der Waals surface area (Å²) < 4.78 is 0. The topological polar surface area (TPSA) is 40.5 Å². The number of phenolic OH excluding ortho intramolecular Hbond substituents is 1. The normalized spacial score (nSPS) is 19.6. The van der Waals surface area contributed by atoms with E-state index in [1.54, 1.807) is 18.2 Å². The van der Waals surface area contributed by atoms with Gasteiger partial charge in [0, 0.05) is 18.7 Å². The van der Waals surface area contributed by atoms with Gasteiger partial charge in [0.25, 0.3) is 5.91 Å². The molecule has 1 fully saturated rings. The summed E-state index contributed by atoms with van der Waals surface area (Å²) in [5.41, 5.74) is 1.55. The predicted molar refractivity (Wildman–Crippen MR) is 67.1 cm³/mol. The zero-order valence-corrected chi connectivity index (χ0v) is 10.4.